The van der Waals surface area contributed by atoms with Gasteiger partial charge < -0.3 is 4.52 Å². The monoisotopic (exact) mass is 192 g/mol. The minimum absolute atomic E-state index is 0.0183. The highest BCUT2D eigenvalue weighted by Gasteiger charge is 2.27. The molecule has 72 valence electrons. The van der Waals surface area contributed by atoms with Crippen molar-refractivity contribution in [1.82, 2.24) is 0 Å². The molecule has 12 heavy (non-hydrogen) atoms. The Hall–Kier alpha value is -0.140. The average Bonchev–Trinajstić information content (AvgIpc) is 1.85. The van der Waals surface area contributed by atoms with E-state index in [-0.39, 0.29) is 11.9 Å². The molecule has 3 nitrogen and oxygen atoms in total. The van der Waals surface area contributed by atoms with E-state index in [0.29, 0.717) is 0 Å². The van der Waals surface area contributed by atoms with E-state index in [9.17, 15) is 9.36 Å². The predicted molar refractivity (Wildman–Crippen MR) is 49.9 cm³/mol. The molecule has 1 unspecified atom stereocenters. The lowest BCUT2D eigenvalue weighted by atomic mass is 9.92. The van der Waals surface area contributed by atoms with Crippen molar-refractivity contribution in [3.8, 4) is 0 Å². The second-order valence-corrected chi connectivity index (χ2v) is 6.74. The SMILES string of the molecule is COP(C)(=O)CC(=O)C(C)(C)C. The van der Waals surface area contributed by atoms with Crippen molar-refractivity contribution in [3.05, 3.63) is 0 Å². The maximum absolute atomic E-state index is 11.4. The van der Waals surface area contributed by atoms with Crippen LogP contribution in [0.4, 0.5) is 0 Å². The van der Waals surface area contributed by atoms with Gasteiger partial charge in [-0.2, -0.15) is 0 Å². The summed E-state index contributed by atoms with van der Waals surface area (Å²) in [6.45, 7) is 6.91. The molecule has 0 rings (SSSR count). The molecule has 0 aromatic carbocycles. The van der Waals surface area contributed by atoms with Gasteiger partial charge in [-0.25, -0.2) is 0 Å². The molecule has 0 aromatic heterocycles. The molecule has 0 aromatic rings. The molecule has 4 heteroatoms. The molecule has 1 atom stereocenters. The normalized spacial score (nSPS) is 17.1. The smallest absolute Gasteiger partial charge is 0.207 e. The molecular formula is C8H17O3P. The number of rotatable bonds is 3. The maximum atomic E-state index is 11.4. The average molecular weight is 192 g/mol. The summed E-state index contributed by atoms with van der Waals surface area (Å²) >= 11 is 0. The van der Waals surface area contributed by atoms with Crippen LogP contribution in [-0.4, -0.2) is 25.7 Å². The Kier molecular flexibility index (Phi) is 3.67. The van der Waals surface area contributed by atoms with Crippen molar-refractivity contribution >= 4 is 13.2 Å². The number of hydrogen-bond donors (Lipinski definition) is 0. The fourth-order valence-electron chi connectivity index (χ4n) is 0.563. The number of hydrogen-bond acceptors (Lipinski definition) is 3. The Balaban J connectivity index is 4.30. The van der Waals surface area contributed by atoms with Gasteiger partial charge in [-0.3, -0.25) is 9.36 Å². The van der Waals surface area contributed by atoms with Crippen LogP contribution in [0, 0.1) is 5.41 Å². The lowest BCUT2D eigenvalue weighted by Gasteiger charge is -2.18. The number of carbonyl (C=O) groups is 1. The number of ketones is 1. The van der Waals surface area contributed by atoms with Crippen molar-refractivity contribution in [1.29, 1.82) is 0 Å². The van der Waals surface area contributed by atoms with E-state index >= 15 is 0 Å². The highest BCUT2D eigenvalue weighted by Crippen LogP contribution is 2.42. The Labute approximate surface area is 73.9 Å². The second kappa shape index (κ2) is 3.71. The predicted octanol–water partition coefficient (Wildman–Crippen LogP) is 2.16. The van der Waals surface area contributed by atoms with E-state index in [4.69, 9.17) is 4.52 Å². The van der Waals surface area contributed by atoms with Crippen LogP contribution in [0.25, 0.3) is 0 Å². The molecule has 0 N–H and O–H groups in total. The Bertz CT molecular complexity index is 215. The zero-order valence-electron chi connectivity index (χ0n) is 8.38. The van der Waals surface area contributed by atoms with Crippen LogP contribution < -0.4 is 0 Å². The fraction of sp³-hybridized carbons (Fsp3) is 0.875. The third-order valence-corrected chi connectivity index (χ3v) is 3.29. The van der Waals surface area contributed by atoms with Crippen LogP contribution in [-0.2, 0) is 13.9 Å². The van der Waals surface area contributed by atoms with Gasteiger partial charge in [0.05, 0.1) is 6.16 Å². The lowest BCUT2D eigenvalue weighted by Crippen LogP contribution is -2.23. The van der Waals surface area contributed by atoms with E-state index in [2.05, 4.69) is 0 Å². The summed E-state index contributed by atoms with van der Waals surface area (Å²) in [4.78, 5) is 11.4. The maximum Gasteiger partial charge on any atom is 0.207 e. The molecule has 0 bridgehead atoms. The molecule has 0 aliphatic carbocycles. The van der Waals surface area contributed by atoms with Gasteiger partial charge in [0, 0.05) is 19.2 Å². The van der Waals surface area contributed by atoms with E-state index < -0.39 is 12.8 Å². The van der Waals surface area contributed by atoms with Crippen molar-refractivity contribution in [3.63, 3.8) is 0 Å². The number of Topliss-reactive ketones (excluding diaryl/α,β-unsaturated/α-hetero) is 1. The van der Waals surface area contributed by atoms with Gasteiger partial charge >= 0.3 is 0 Å². The number of carbonyl (C=O) groups excluding carboxylic acids is 1. The third kappa shape index (κ3) is 4.03. The van der Waals surface area contributed by atoms with Crippen LogP contribution in [0.1, 0.15) is 20.8 Å². The molecule has 0 heterocycles. The molecule has 0 radical (unpaired) electrons. The molecule has 0 aliphatic rings. The van der Waals surface area contributed by atoms with E-state index in [0.717, 1.165) is 0 Å². The standard InChI is InChI=1S/C8H17O3P/c1-8(2,3)7(9)6-12(5,10)11-4/h6H2,1-5H3. The molecule has 0 spiro atoms. The van der Waals surface area contributed by atoms with Crippen LogP contribution in [0.15, 0.2) is 0 Å². The van der Waals surface area contributed by atoms with E-state index in [1.54, 1.807) is 0 Å². The van der Waals surface area contributed by atoms with Crippen molar-refractivity contribution in [2.75, 3.05) is 19.9 Å². The van der Waals surface area contributed by atoms with Crippen molar-refractivity contribution in [2.24, 2.45) is 5.41 Å². The summed E-state index contributed by atoms with van der Waals surface area (Å²) < 4.78 is 16.1. The summed E-state index contributed by atoms with van der Waals surface area (Å²) in [6, 6.07) is 0. The first kappa shape index (κ1) is 11.9. The molecule has 0 saturated heterocycles. The van der Waals surface area contributed by atoms with Crippen LogP contribution in [0.5, 0.6) is 0 Å². The van der Waals surface area contributed by atoms with E-state index in [1.807, 2.05) is 20.8 Å². The Morgan fingerprint density at radius 2 is 1.83 bits per heavy atom. The zero-order valence-corrected chi connectivity index (χ0v) is 9.27. The summed E-state index contributed by atoms with van der Waals surface area (Å²) in [5, 5.41) is 0. The second-order valence-electron chi connectivity index (χ2n) is 4.03. The summed E-state index contributed by atoms with van der Waals surface area (Å²) in [5.74, 6) is -0.0183. The van der Waals surface area contributed by atoms with Gasteiger partial charge in [-0.05, 0) is 0 Å². The molecular weight excluding hydrogens is 175 g/mol. The highest BCUT2D eigenvalue weighted by molar-refractivity contribution is 7.59. The van der Waals surface area contributed by atoms with Gasteiger partial charge in [-0.1, -0.05) is 20.8 Å². The zero-order chi connectivity index (χ0) is 9.99. The van der Waals surface area contributed by atoms with Crippen LogP contribution in [0.3, 0.4) is 0 Å². The van der Waals surface area contributed by atoms with Gasteiger partial charge in [0.2, 0.25) is 7.37 Å². The highest BCUT2D eigenvalue weighted by atomic mass is 31.2. The Morgan fingerprint density at radius 3 is 2.08 bits per heavy atom. The molecule has 0 aliphatic heterocycles. The van der Waals surface area contributed by atoms with Crippen molar-refractivity contribution < 1.29 is 13.9 Å². The van der Waals surface area contributed by atoms with Gasteiger partial charge in [0.1, 0.15) is 5.78 Å². The first-order valence-corrected chi connectivity index (χ1v) is 6.10. The summed E-state index contributed by atoms with van der Waals surface area (Å²) in [7, 11) is -1.30. The Morgan fingerprint density at radius 1 is 1.42 bits per heavy atom. The molecule has 0 saturated carbocycles. The lowest BCUT2D eigenvalue weighted by molar-refractivity contribution is -0.123. The van der Waals surface area contributed by atoms with Crippen LogP contribution in [0.2, 0.25) is 0 Å². The van der Waals surface area contributed by atoms with Gasteiger partial charge in [0.15, 0.2) is 0 Å². The first-order chi connectivity index (χ1) is 5.19. The molecule has 0 amide bonds. The van der Waals surface area contributed by atoms with Gasteiger partial charge in [-0.15, -0.1) is 0 Å². The minimum Gasteiger partial charge on any atom is -0.332 e. The summed E-state index contributed by atoms with van der Waals surface area (Å²) in [6.07, 6.45) is 0.0347. The third-order valence-electron chi connectivity index (χ3n) is 1.65. The fourth-order valence-corrected chi connectivity index (χ4v) is 1.69. The van der Waals surface area contributed by atoms with Gasteiger partial charge in [0.25, 0.3) is 0 Å². The topological polar surface area (TPSA) is 43.4 Å². The largest absolute Gasteiger partial charge is 0.332 e. The summed E-state index contributed by atoms with van der Waals surface area (Å²) in [5.41, 5.74) is -0.426. The molecule has 0 fully saturated rings. The van der Waals surface area contributed by atoms with Crippen molar-refractivity contribution in [2.45, 2.75) is 20.8 Å². The minimum atomic E-state index is -2.68. The van der Waals surface area contributed by atoms with E-state index in [1.165, 1.54) is 13.8 Å². The first-order valence-electron chi connectivity index (χ1n) is 3.84. The quantitative estimate of drug-likeness (QED) is 0.643. The van der Waals surface area contributed by atoms with Crippen LogP contribution >= 0.6 is 7.37 Å².